The van der Waals surface area contributed by atoms with Crippen molar-refractivity contribution in [2.45, 2.75) is 17.2 Å². The Bertz CT molecular complexity index is 436. The SMILES string of the molecule is O=[N+]([O-])c1ccc2c(c1)C(F)(F)[C@@H](Br)C2. The molecule has 15 heavy (non-hydrogen) atoms. The number of hydrogen-bond acceptors (Lipinski definition) is 2. The molecule has 1 aliphatic carbocycles. The van der Waals surface area contributed by atoms with E-state index in [0.29, 0.717) is 5.56 Å². The van der Waals surface area contributed by atoms with Crippen LogP contribution in [-0.4, -0.2) is 9.75 Å². The third-order valence-electron chi connectivity index (χ3n) is 2.46. The number of non-ortho nitro benzene ring substituents is 1. The zero-order valence-corrected chi connectivity index (χ0v) is 9.00. The zero-order valence-electron chi connectivity index (χ0n) is 7.41. The molecule has 0 radical (unpaired) electrons. The van der Waals surface area contributed by atoms with Gasteiger partial charge in [0, 0.05) is 17.7 Å². The summed E-state index contributed by atoms with van der Waals surface area (Å²) in [7, 11) is 0. The van der Waals surface area contributed by atoms with Crippen LogP contribution >= 0.6 is 15.9 Å². The standard InChI is InChI=1S/C9H6BrF2NO2/c10-8-3-5-1-2-6(13(14)15)4-7(5)9(8,11)12/h1-2,4,8H,3H2/t8-/m0/s1. The number of fused-ring (bicyclic) bond motifs is 1. The van der Waals surface area contributed by atoms with Crippen LogP contribution in [0, 0.1) is 10.1 Å². The van der Waals surface area contributed by atoms with Gasteiger partial charge in [-0.2, -0.15) is 0 Å². The average Bonchev–Trinajstić information content (AvgIpc) is 2.38. The van der Waals surface area contributed by atoms with Crippen molar-refractivity contribution in [3.8, 4) is 0 Å². The van der Waals surface area contributed by atoms with Crippen molar-refractivity contribution >= 4 is 21.6 Å². The molecular weight excluding hydrogens is 272 g/mol. The zero-order chi connectivity index (χ0) is 11.2. The van der Waals surface area contributed by atoms with E-state index in [4.69, 9.17) is 0 Å². The number of rotatable bonds is 1. The molecule has 0 unspecified atom stereocenters. The molecule has 1 aromatic rings. The molecule has 1 aliphatic rings. The van der Waals surface area contributed by atoms with Crippen molar-refractivity contribution in [2.24, 2.45) is 0 Å². The highest BCUT2D eigenvalue weighted by atomic mass is 79.9. The van der Waals surface area contributed by atoms with Gasteiger partial charge in [0.05, 0.1) is 9.75 Å². The summed E-state index contributed by atoms with van der Waals surface area (Å²) in [6, 6.07) is 3.60. The molecule has 0 saturated heterocycles. The third kappa shape index (κ3) is 1.52. The van der Waals surface area contributed by atoms with E-state index in [1.54, 1.807) is 0 Å². The van der Waals surface area contributed by atoms with E-state index in [1.165, 1.54) is 12.1 Å². The van der Waals surface area contributed by atoms with Crippen molar-refractivity contribution in [2.75, 3.05) is 0 Å². The van der Waals surface area contributed by atoms with E-state index in [9.17, 15) is 18.9 Å². The van der Waals surface area contributed by atoms with E-state index in [2.05, 4.69) is 15.9 Å². The second kappa shape index (κ2) is 3.23. The Balaban J connectivity index is 2.55. The van der Waals surface area contributed by atoms with Crippen LogP contribution in [0.15, 0.2) is 18.2 Å². The molecule has 1 atom stereocenters. The highest BCUT2D eigenvalue weighted by Crippen LogP contribution is 2.46. The number of nitro groups is 1. The topological polar surface area (TPSA) is 43.1 Å². The molecule has 0 saturated carbocycles. The summed E-state index contributed by atoms with van der Waals surface area (Å²) in [5.41, 5.74) is -0.0684. The minimum absolute atomic E-state index is 0.195. The van der Waals surface area contributed by atoms with Crippen molar-refractivity contribution in [3.05, 3.63) is 39.4 Å². The van der Waals surface area contributed by atoms with Crippen LogP contribution in [0.1, 0.15) is 11.1 Å². The summed E-state index contributed by atoms with van der Waals surface area (Å²) in [6.45, 7) is 0. The van der Waals surface area contributed by atoms with Crippen LogP contribution < -0.4 is 0 Å². The van der Waals surface area contributed by atoms with Crippen LogP contribution in [-0.2, 0) is 12.3 Å². The second-order valence-electron chi connectivity index (χ2n) is 3.39. The Morgan fingerprint density at radius 3 is 2.80 bits per heavy atom. The average molecular weight is 278 g/mol. The maximum atomic E-state index is 13.5. The Kier molecular flexibility index (Phi) is 2.26. The lowest BCUT2D eigenvalue weighted by atomic mass is 10.1. The minimum atomic E-state index is -3.03. The lowest BCUT2D eigenvalue weighted by molar-refractivity contribution is -0.385. The van der Waals surface area contributed by atoms with Crippen molar-refractivity contribution in [1.29, 1.82) is 0 Å². The molecule has 3 nitrogen and oxygen atoms in total. The van der Waals surface area contributed by atoms with E-state index < -0.39 is 15.7 Å². The van der Waals surface area contributed by atoms with Crippen LogP contribution in [0.4, 0.5) is 14.5 Å². The summed E-state index contributed by atoms with van der Waals surface area (Å²) in [6.07, 6.45) is 0.195. The van der Waals surface area contributed by atoms with Gasteiger partial charge in [-0.05, 0) is 12.0 Å². The number of halogens is 3. The summed E-state index contributed by atoms with van der Waals surface area (Å²) in [4.78, 5) is 8.80. The van der Waals surface area contributed by atoms with E-state index in [0.717, 1.165) is 6.07 Å². The summed E-state index contributed by atoms with van der Waals surface area (Å²) < 4.78 is 27.0. The lowest BCUT2D eigenvalue weighted by Gasteiger charge is -2.13. The first-order valence-electron chi connectivity index (χ1n) is 4.22. The van der Waals surface area contributed by atoms with Gasteiger partial charge >= 0.3 is 0 Å². The van der Waals surface area contributed by atoms with Crippen LogP contribution in [0.25, 0.3) is 0 Å². The summed E-state index contributed by atoms with van der Waals surface area (Å²) in [5.74, 6) is -3.03. The largest absolute Gasteiger partial charge is 0.286 e. The smallest absolute Gasteiger partial charge is 0.258 e. The number of benzene rings is 1. The third-order valence-corrected chi connectivity index (χ3v) is 3.35. The van der Waals surface area contributed by atoms with Crippen molar-refractivity contribution in [3.63, 3.8) is 0 Å². The molecular formula is C9H6BrF2NO2. The Morgan fingerprint density at radius 1 is 1.53 bits per heavy atom. The first-order valence-corrected chi connectivity index (χ1v) is 5.14. The number of nitro benzene ring substituents is 1. The van der Waals surface area contributed by atoms with Gasteiger partial charge in [-0.15, -0.1) is 0 Å². The first-order chi connectivity index (χ1) is 6.93. The summed E-state index contributed by atoms with van der Waals surface area (Å²) >= 11 is 2.88. The molecule has 2 rings (SSSR count). The maximum Gasteiger partial charge on any atom is 0.286 e. The molecule has 0 fully saturated rings. The van der Waals surface area contributed by atoms with Crippen LogP contribution in [0.5, 0.6) is 0 Å². The molecule has 0 bridgehead atoms. The monoisotopic (exact) mass is 277 g/mol. The fraction of sp³-hybridized carbons (Fsp3) is 0.333. The van der Waals surface area contributed by atoms with Gasteiger partial charge in [0.15, 0.2) is 0 Å². The molecule has 0 aliphatic heterocycles. The van der Waals surface area contributed by atoms with Gasteiger partial charge in [-0.1, -0.05) is 22.0 Å². The lowest BCUT2D eigenvalue weighted by Crippen LogP contribution is -2.20. The Hall–Kier alpha value is -1.04. The minimum Gasteiger partial charge on any atom is -0.258 e. The Morgan fingerprint density at radius 2 is 2.20 bits per heavy atom. The van der Waals surface area contributed by atoms with Gasteiger partial charge in [0.25, 0.3) is 11.6 Å². The maximum absolute atomic E-state index is 13.5. The van der Waals surface area contributed by atoms with Gasteiger partial charge in [0.2, 0.25) is 0 Å². The van der Waals surface area contributed by atoms with Gasteiger partial charge in [-0.25, -0.2) is 8.78 Å². The Labute approximate surface area is 92.4 Å². The molecule has 6 heteroatoms. The normalized spacial score (nSPS) is 22.5. The van der Waals surface area contributed by atoms with E-state index >= 15 is 0 Å². The van der Waals surface area contributed by atoms with Gasteiger partial charge in [0.1, 0.15) is 0 Å². The predicted octanol–water partition coefficient (Wildman–Crippen LogP) is 3.01. The highest BCUT2D eigenvalue weighted by molar-refractivity contribution is 9.09. The van der Waals surface area contributed by atoms with Gasteiger partial charge < -0.3 is 0 Å². The second-order valence-corrected chi connectivity index (χ2v) is 4.50. The van der Waals surface area contributed by atoms with E-state index in [1.807, 2.05) is 0 Å². The van der Waals surface area contributed by atoms with Crippen molar-refractivity contribution < 1.29 is 13.7 Å². The number of hydrogen-bond donors (Lipinski definition) is 0. The molecule has 0 heterocycles. The van der Waals surface area contributed by atoms with Crippen LogP contribution in [0.3, 0.4) is 0 Å². The first kappa shape index (κ1) is 10.5. The van der Waals surface area contributed by atoms with Crippen molar-refractivity contribution in [1.82, 2.24) is 0 Å². The fourth-order valence-electron chi connectivity index (χ4n) is 1.66. The fourth-order valence-corrected chi connectivity index (χ4v) is 2.25. The highest BCUT2D eigenvalue weighted by Gasteiger charge is 2.47. The molecule has 0 aromatic heterocycles. The molecule has 0 amide bonds. The van der Waals surface area contributed by atoms with E-state index in [-0.39, 0.29) is 17.7 Å². The van der Waals surface area contributed by atoms with Crippen LogP contribution in [0.2, 0.25) is 0 Å². The molecule has 0 N–H and O–H groups in total. The predicted molar refractivity (Wildman–Crippen MR) is 53.4 cm³/mol. The molecule has 0 spiro atoms. The molecule has 80 valence electrons. The quantitative estimate of drug-likeness (QED) is 0.450. The summed E-state index contributed by atoms with van der Waals surface area (Å²) in [5, 5.41) is 10.4. The molecule has 1 aromatic carbocycles. The van der Waals surface area contributed by atoms with Gasteiger partial charge in [-0.3, -0.25) is 10.1 Å². The number of nitrogens with zero attached hydrogens (tertiary/aromatic N) is 1. The number of alkyl halides is 3.